The van der Waals surface area contributed by atoms with Crippen LogP contribution in [-0.2, 0) is 11.2 Å². The molecule has 2 heterocycles. The highest BCUT2D eigenvalue weighted by Crippen LogP contribution is 2.32. The molecule has 0 N–H and O–H groups in total. The molecule has 0 radical (unpaired) electrons. The minimum atomic E-state index is -0.469. The molecule has 1 atom stereocenters. The van der Waals surface area contributed by atoms with E-state index in [9.17, 15) is 9.18 Å². The van der Waals surface area contributed by atoms with Gasteiger partial charge in [0, 0.05) is 37.8 Å². The van der Waals surface area contributed by atoms with Gasteiger partial charge in [-0.1, -0.05) is 30.3 Å². The van der Waals surface area contributed by atoms with Crippen LogP contribution in [0.3, 0.4) is 0 Å². The maximum absolute atomic E-state index is 14.9. The number of rotatable bonds is 9. The molecule has 2 aromatic carbocycles. The number of likely N-dealkylation sites (N-methyl/N-ethyl adjacent to an activating group) is 1. The Morgan fingerprint density at radius 1 is 1.06 bits per heavy atom. The fraction of sp³-hybridized carbons (Fsp3) is 0.286. The monoisotopic (exact) mass is 475 g/mol. The Bertz CT molecular complexity index is 1330. The normalized spacial score (nSPS) is 11.9. The number of pyridine rings is 1. The Morgan fingerprint density at radius 2 is 1.83 bits per heavy atom. The summed E-state index contributed by atoms with van der Waals surface area (Å²) >= 11 is 0. The summed E-state index contributed by atoms with van der Waals surface area (Å²) < 4.78 is 27.6. The molecule has 6 nitrogen and oxygen atoms in total. The molecular formula is C28H30FN3O3. The predicted molar refractivity (Wildman–Crippen MR) is 134 cm³/mol. The maximum atomic E-state index is 14.9. The van der Waals surface area contributed by atoms with Crippen molar-refractivity contribution in [3.63, 3.8) is 0 Å². The molecule has 1 unspecified atom stereocenters. The molecule has 0 fully saturated rings. The molecular weight excluding hydrogens is 445 g/mol. The Hall–Kier alpha value is -3.87. The summed E-state index contributed by atoms with van der Waals surface area (Å²) in [5.41, 5.74) is 4.07. The summed E-state index contributed by atoms with van der Waals surface area (Å²) in [6.07, 6.45) is 2.53. The van der Waals surface area contributed by atoms with Gasteiger partial charge in [0.25, 0.3) is 0 Å². The second-order valence-electron chi connectivity index (χ2n) is 8.58. The molecule has 7 heteroatoms. The number of ether oxygens (including phenoxy) is 2. The predicted octanol–water partition coefficient (Wildman–Crippen LogP) is 5.02. The van der Waals surface area contributed by atoms with Crippen LogP contribution in [0.4, 0.5) is 4.39 Å². The molecule has 35 heavy (non-hydrogen) atoms. The number of benzene rings is 2. The number of hydrogen-bond donors (Lipinski definition) is 0. The van der Waals surface area contributed by atoms with Crippen molar-refractivity contribution in [3.05, 3.63) is 95.2 Å². The largest absolute Gasteiger partial charge is 0.493 e. The van der Waals surface area contributed by atoms with Crippen LogP contribution >= 0.6 is 0 Å². The van der Waals surface area contributed by atoms with Gasteiger partial charge in [0.05, 0.1) is 19.9 Å². The number of carbonyl (C=O) groups excluding carboxylic acids is 1. The summed E-state index contributed by atoms with van der Waals surface area (Å²) in [7, 11) is 4.98. The summed E-state index contributed by atoms with van der Waals surface area (Å²) in [4.78, 5) is 19.5. The quantitative estimate of drug-likeness (QED) is 0.341. The Kier molecular flexibility index (Phi) is 7.34. The zero-order valence-electron chi connectivity index (χ0n) is 20.5. The van der Waals surface area contributed by atoms with E-state index in [2.05, 4.69) is 4.98 Å². The zero-order chi connectivity index (χ0) is 24.9. The van der Waals surface area contributed by atoms with E-state index in [1.807, 2.05) is 47.7 Å². The van der Waals surface area contributed by atoms with Crippen molar-refractivity contribution in [2.75, 3.05) is 27.8 Å². The topological polar surface area (TPSA) is 56.1 Å². The highest BCUT2D eigenvalue weighted by molar-refractivity contribution is 5.77. The first-order valence-corrected chi connectivity index (χ1v) is 11.5. The molecule has 0 saturated carbocycles. The SMILES string of the molecule is COc1ccc(CCN(C)C(=O)CC(c2ccccc2F)c2cnc3cccc(C)n23)cc1OC. The average molecular weight is 476 g/mol. The summed E-state index contributed by atoms with van der Waals surface area (Å²) in [6, 6.07) is 18.2. The fourth-order valence-electron chi connectivity index (χ4n) is 4.40. The molecule has 1 amide bonds. The second-order valence-corrected chi connectivity index (χ2v) is 8.58. The van der Waals surface area contributed by atoms with E-state index < -0.39 is 5.92 Å². The first kappa shape index (κ1) is 24.3. The van der Waals surface area contributed by atoms with E-state index in [0.29, 0.717) is 30.0 Å². The Labute approximate surface area is 204 Å². The van der Waals surface area contributed by atoms with E-state index in [0.717, 1.165) is 22.6 Å². The molecule has 2 aromatic heterocycles. The van der Waals surface area contributed by atoms with Crippen LogP contribution in [0.5, 0.6) is 11.5 Å². The van der Waals surface area contributed by atoms with Crippen LogP contribution < -0.4 is 9.47 Å². The Morgan fingerprint density at radius 3 is 2.57 bits per heavy atom. The van der Waals surface area contributed by atoms with Crippen LogP contribution in [0, 0.1) is 12.7 Å². The first-order valence-electron chi connectivity index (χ1n) is 11.5. The standard InChI is InChI=1S/C28H30FN3O3/c1-19-8-7-11-27-30-18-24(32(19)27)22(21-9-5-6-10-23(21)29)17-28(33)31(2)15-14-20-12-13-25(34-3)26(16-20)35-4/h5-13,16,18,22H,14-15,17H2,1-4H3. The van der Waals surface area contributed by atoms with Gasteiger partial charge in [-0.25, -0.2) is 9.37 Å². The van der Waals surface area contributed by atoms with Crippen LogP contribution in [0.2, 0.25) is 0 Å². The summed E-state index contributed by atoms with van der Waals surface area (Å²) in [5.74, 6) is 0.450. The highest BCUT2D eigenvalue weighted by Gasteiger charge is 2.26. The highest BCUT2D eigenvalue weighted by atomic mass is 19.1. The molecule has 0 spiro atoms. The number of methoxy groups -OCH3 is 2. The van der Waals surface area contributed by atoms with E-state index in [1.165, 1.54) is 6.07 Å². The molecule has 0 saturated heterocycles. The van der Waals surface area contributed by atoms with Crippen LogP contribution in [0.15, 0.2) is 66.9 Å². The van der Waals surface area contributed by atoms with Crippen molar-refractivity contribution in [3.8, 4) is 11.5 Å². The van der Waals surface area contributed by atoms with Gasteiger partial charge in [-0.2, -0.15) is 0 Å². The van der Waals surface area contributed by atoms with Crippen molar-refractivity contribution < 1.29 is 18.7 Å². The minimum Gasteiger partial charge on any atom is -0.493 e. The number of amides is 1. The molecule has 0 aliphatic heterocycles. The number of aryl methyl sites for hydroxylation is 1. The summed E-state index contributed by atoms with van der Waals surface area (Å²) in [6.45, 7) is 2.50. The molecule has 4 rings (SSSR count). The molecule has 182 valence electrons. The second kappa shape index (κ2) is 10.6. The minimum absolute atomic E-state index is 0.0673. The van der Waals surface area contributed by atoms with Crippen LogP contribution in [0.25, 0.3) is 5.65 Å². The van der Waals surface area contributed by atoms with Crippen molar-refractivity contribution in [2.45, 2.75) is 25.7 Å². The number of hydrogen-bond acceptors (Lipinski definition) is 4. The average Bonchev–Trinajstić information content (AvgIpc) is 3.31. The van der Waals surface area contributed by atoms with Gasteiger partial charge in [-0.05, 0) is 54.8 Å². The third-order valence-electron chi connectivity index (χ3n) is 6.38. The number of nitrogens with zero attached hydrogens (tertiary/aromatic N) is 3. The third kappa shape index (κ3) is 5.14. The van der Waals surface area contributed by atoms with E-state index in [1.54, 1.807) is 50.6 Å². The molecule has 4 aromatic rings. The smallest absolute Gasteiger partial charge is 0.223 e. The number of aromatic nitrogens is 2. The van der Waals surface area contributed by atoms with Gasteiger partial charge in [-0.3, -0.25) is 4.79 Å². The lowest BCUT2D eigenvalue weighted by Crippen LogP contribution is -2.30. The first-order chi connectivity index (χ1) is 16.9. The molecule has 0 aliphatic rings. The van der Waals surface area contributed by atoms with Crippen molar-refractivity contribution in [1.29, 1.82) is 0 Å². The number of fused-ring (bicyclic) bond motifs is 1. The van der Waals surface area contributed by atoms with Crippen molar-refractivity contribution in [2.24, 2.45) is 0 Å². The zero-order valence-corrected chi connectivity index (χ0v) is 20.5. The van der Waals surface area contributed by atoms with Gasteiger partial charge in [0.2, 0.25) is 5.91 Å². The fourth-order valence-corrected chi connectivity index (χ4v) is 4.40. The van der Waals surface area contributed by atoms with Crippen molar-refractivity contribution >= 4 is 11.6 Å². The molecule has 0 aliphatic carbocycles. The van der Waals surface area contributed by atoms with Gasteiger partial charge in [0.1, 0.15) is 11.5 Å². The lowest BCUT2D eigenvalue weighted by atomic mass is 9.91. The van der Waals surface area contributed by atoms with Crippen LogP contribution in [-0.4, -0.2) is 48.0 Å². The van der Waals surface area contributed by atoms with Gasteiger partial charge < -0.3 is 18.8 Å². The van der Waals surface area contributed by atoms with E-state index in [4.69, 9.17) is 9.47 Å². The van der Waals surface area contributed by atoms with Gasteiger partial charge >= 0.3 is 0 Å². The summed E-state index contributed by atoms with van der Waals surface area (Å²) in [5, 5.41) is 0. The third-order valence-corrected chi connectivity index (χ3v) is 6.38. The number of carbonyl (C=O) groups is 1. The number of halogens is 1. The van der Waals surface area contributed by atoms with Crippen LogP contribution in [0.1, 0.15) is 34.9 Å². The molecule has 0 bridgehead atoms. The number of imidazole rings is 1. The lowest BCUT2D eigenvalue weighted by molar-refractivity contribution is -0.130. The Balaban J connectivity index is 1.56. The maximum Gasteiger partial charge on any atom is 0.223 e. The van der Waals surface area contributed by atoms with Crippen molar-refractivity contribution in [1.82, 2.24) is 14.3 Å². The van der Waals surface area contributed by atoms with E-state index in [-0.39, 0.29) is 18.1 Å². The van der Waals surface area contributed by atoms with E-state index >= 15 is 0 Å². The van der Waals surface area contributed by atoms with Gasteiger partial charge in [0.15, 0.2) is 11.5 Å². The lowest BCUT2D eigenvalue weighted by Gasteiger charge is -2.23. The van der Waals surface area contributed by atoms with Gasteiger partial charge in [-0.15, -0.1) is 0 Å².